The van der Waals surface area contributed by atoms with Crippen molar-refractivity contribution in [3.05, 3.63) is 10.1 Å². The molecule has 0 aromatic carbocycles. The van der Waals surface area contributed by atoms with Crippen LogP contribution < -0.4 is 5.73 Å². The summed E-state index contributed by atoms with van der Waals surface area (Å²) in [6.07, 6.45) is 13.4. The van der Waals surface area contributed by atoms with Crippen molar-refractivity contribution >= 4 is 0 Å². The van der Waals surface area contributed by atoms with E-state index >= 15 is 0 Å². The second-order valence-corrected chi connectivity index (χ2v) is 10.2. The molecule has 8 bridgehead atoms. The zero-order valence-electron chi connectivity index (χ0n) is 14.7. The van der Waals surface area contributed by atoms with Crippen molar-refractivity contribution in [2.75, 3.05) is 0 Å². The van der Waals surface area contributed by atoms with Gasteiger partial charge < -0.3 is 5.73 Å². The summed E-state index contributed by atoms with van der Waals surface area (Å²) in [6.45, 7) is 0. The van der Waals surface area contributed by atoms with Gasteiger partial charge in [0.1, 0.15) is 0 Å². The lowest BCUT2D eigenvalue weighted by Crippen LogP contribution is -2.52. The number of nitro groups is 1. The highest BCUT2D eigenvalue weighted by Crippen LogP contribution is 2.54. The summed E-state index contributed by atoms with van der Waals surface area (Å²) in [7, 11) is 0. The third kappa shape index (κ3) is 2.51. The number of hydrogen-bond donors (Lipinski definition) is 1. The average Bonchev–Trinajstić information content (AvgIpc) is 2.51. The summed E-state index contributed by atoms with van der Waals surface area (Å²) in [5.74, 6) is 6.57. The molecule has 0 spiro atoms. The van der Waals surface area contributed by atoms with Gasteiger partial charge in [-0.25, -0.2) is 0 Å². The Morgan fingerprint density at radius 3 is 1.29 bits per heavy atom. The van der Waals surface area contributed by atoms with E-state index in [9.17, 15) is 10.1 Å². The minimum atomic E-state index is -0.173. The highest BCUT2D eigenvalue weighted by atomic mass is 16.6. The van der Waals surface area contributed by atoms with Gasteiger partial charge in [-0.3, -0.25) is 10.1 Å². The highest BCUT2D eigenvalue weighted by Gasteiger charge is 2.53. The Hall–Kier alpha value is -0.640. The Morgan fingerprint density at radius 2 is 0.958 bits per heavy atom. The van der Waals surface area contributed by atoms with E-state index in [4.69, 9.17) is 5.73 Å². The van der Waals surface area contributed by atoms with Crippen molar-refractivity contribution in [3.8, 4) is 0 Å². The zero-order valence-corrected chi connectivity index (χ0v) is 14.7. The second kappa shape index (κ2) is 5.69. The van der Waals surface area contributed by atoms with Crippen molar-refractivity contribution in [2.24, 2.45) is 53.1 Å². The average molecular weight is 332 g/mol. The van der Waals surface area contributed by atoms with Gasteiger partial charge in [-0.15, -0.1) is 0 Å². The number of nitrogens with two attached hydrogens (primary N) is 1. The summed E-state index contributed by atoms with van der Waals surface area (Å²) < 4.78 is 0. The first-order valence-electron chi connectivity index (χ1n) is 10.5. The van der Waals surface area contributed by atoms with E-state index in [1.165, 1.54) is 32.1 Å². The lowest BCUT2D eigenvalue weighted by Gasteiger charge is -2.53. The third-order valence-electron chi connectivity index (χ3n) is 8.72. The molecule has 24 heavy (non-hydrogen) atoms. The van der Waals surface area contributed by atoms with Crippen LogP contribution in [0.3, 0.4) is 0 Å². The molecule has 4 nitrogen and oxygen atoms in total. The van der Waals surface area contributed by atoms with E-state index < -0.39 is 0 Å². The summed E-state index contributed by atoms with van der Waals surface area (Å²) in [5, 5.41) is 10.9. The van der Waals surface area contributed by atoms with Crippen molar-refractivity contribution in [3.63, 3.8) is 0 Å². The van der Waals surface area contributed by atoms with Crippen molar-refractivity contribution in [1.82, 2.24) is 0 Å². The predicted octanol–water partition coefficient (Wildman–Crippen LogP) is 3.86. The van der Waals surface area contributed by atoms with Gasteiger partial charge in [-0.2, -0.15) is 0 Å². The van der Waals surface area contributed by atoms with Crippen LogP contribution >= 0.6 is 0 Å². The molecule has 0 amide bonds. The minimum Gasteiger partial charge on any atom is -0.327 e. The van der Waals surface area contributed by atoms with Gasteiger partial charge in [0.2, 0.25) is 6.04 Å². The molecule has 2 N–H and O–H groups in total. The molecule has 0 unspecified atom stereocenters. The van der Waals surface area contributed by atoms with Crippen LogP contribution in [-0.4, -0.2) is 17.0 Å². The number of rotatable bonds is 1. The van der Waals surface area contributed by atoms with Gasteiger partial charge in [0.15, 0.2) is 0 Å². The van der Waals surface area contributed by atoms with Crippen LogP contribution in [-0.2, 0) is 0 Å². The minimum absolute atomic E-state index is 0.00704. The molecule has 0 aliphatic heterocycles. The fourth-order valence-corrected chi connectivity index (χ4v) is 8.21. The van der Waals surface area contributed by atoms with Crippen LogP contribution in [0.15, 0.2) is 0 Å². The molecule has 0 heterocycles. The Bertz CT molecular complexity index is 464. The highest BCUT2D eigenvalue weighted by molar-refractivity contribution is 5.00. The summed E-state index contributed by atoms with van der Waals surface area (Å²) >= 11 is 0. The first-order valence-corrected chi connectivity index (χ1v) is 10.5. The molecule has 8 fully saturated rings. The van der Waals surface area contributed by atoms with Crippen LogP contribution in [0.25, 0.3) is 0 Å². The van der Waals surface area contributed by atoms with Gasteiger partial charge >= 0.3 is 0 Å². The van der Waals surface area contributed by atoms with Crippen LogP contribution in [0, 0.1) is 57.5 Å². The maximum absolute atomic E-state index is 10.9. The molecule has 0 saturated heterocycles. The quantitative estimate of drug-likeness (QED) is 0.585. The Labute approximate surface area is 145 Å². The zero-order chi connectivity index (χ0) is 16.4. The molecule has 8 rings (SSSR count). The third-order valence-corrected chi connectivity index (χ3v) is 8.72. The van der Waals surface area contributed by atoms with Gasteiger partial charge in [-0.05, 0) is 99.7 Å². The monoisotopic (exact) mass is 332 g/mol. The number of nitrogens with zero attached hydrogens (tertiary/aromatic N) is 1. The molecular weight excluding hydrogens is 300 g/mol. The first kappa shape index (κ1) is 15.6. The number of hydrogen-bond acceptors (Lipinski definition) is 3. The van der Waals surface area contributed by atoms with Crippen LogP contribution in [0.2, 0.25) is 0 Å². The Balaban J connectivity index is 0.000000110. The van der Waals surface area contributed by atoms with Gasteiger partial charge in [0.05, 0.1) is 0 Å². The van der Waals surface area contributed by atoms with Crippen molar-refractivity contribution in [2.45, 2.75) is 76.3 Å². The molecule has 8 saturated carbocycles. The SMILES string of the molecule is NC1C2CC3CC(C2)CC1C3.O=[N+]([O-])C1C2CC3CC(C2)CC1C3. The fraction of sp³-hybridized carbons (Fsp3) is 1.00. The summed E-state index contributed by atoms with van der Waals surface area (Å²) in [5.41, 5.74) is 6.17. The molecular formula is C20H32N2O2. The Kier molecular flexibility index (Phi) is 3.70. The molecule has 0 aromatic heterocycles. The Morgan fingerprint density at radius 1 is 0.625 bits per heavy atom. The lowest BCUT2D eigenvalue weighted by atomic mass is 9.54. The first-order chi connectivity index (χ1) is 11.6. The fourth-order valence-electron chi connectivity index (χ4n) is 8.21. The largest absolute Gasteiger partial charge is 0.327 e. The normalized spacial score (nSPS) is 56.0. The maximum Gasteiger partial charge on any atom is 0.218 e. The summed E-state index contributed by atoms with van der Waals surface area (Å²) in [4.78, 5) is 10.9. The lowest BCUT2D eigenvalue weighted by molar-refractivity contribution is -0.552. The van der Waals surface area contributed by atoms with E-state index in [2.05, 4.69) is 0 Å². The molecule has 4 heteroatoms. The van der Waals surface area contributed by atoms with Crippen LogP contribution in [0.4, 0.5) is 0 Å². The van der Waals surface area contributed by atoms with E-state index in [1.54, 1.807) is 6.42 Å². The molecule has 8 aliphatic rings. The van der Waals surface area contributed by atoms with Crippen LogP contribution in [0.5, 0.6) is 0 Å². The van der Waals surface area contributed by atoms with Gasteiger partial charge in [0.25, 0.3) is 0 Å². The van der Waals surface area contributed by atoms with E-state index in [1.807, 2.05) is 0 Å². The molecule has 0 radical (unpaired) electrons. The van der Waals surface area contributed by atoms with Gasteiger partial charge in [0, 0.05) is 22.8 Å². The second-order valence-electron chi connectivity index (χ2n) is 10.2. The van der Waals surface area contributed by atoms with Crippen molar-refractivity contribution < 1.29 is 4.92 Å². The van der Waals surface area contributed by atoms with E-state index in [0.717, 1.165) is 61.2 Å². The molecule has 134 valence electrons. The molecule has 0 aromatic rings. The standard InChI is InChI=1S/C10H15NO2.C10H17N/c12-11(13)10-8-2-6-1-7(4-8)5-9(10)3-6;11-10-8-2-6-1-7(4-8)5-9(10)3-6/h6-10H,1-5H2;6-10H,1-5,11H2. The molecule has 0 atom stereocenters. The van der Waals surface area contributed by atoms with E-state index in [-0.39, 0.29) is 11.0 Å². The van der Waals surface area contributed by atoms with Crippen LogP contribution in [0.1, 0.15) is 64.2 Å². The van der Waals surface area contributed by atoms with Gasteiger partial charge in [-0.1, -0.05) is 0 Å². The molecule has 8 aliphatic carbocycles. The maximum atomic E-state index is 10.9. The predicted molar refractivity (Wildman–Crippen MR) is 92.8 cm³/mol. The smallest absolute Gasteiger partial charge is 0.218 e. The topological polar surface area (TPSA) is 69.2 Å². The summed E-state index contributed by atoms with van der Waals surface area (Å²) in [6, 6.07) is 0.413. The van der Waals surface area contributed by atoms with Crippen molar-refractivity contribution in [1.29, 1.82) is 0 Å². The van der Waals surface area contributed by atoms with E-state index in [0.29, 0.717) is 17.9 Å².